The SMILES string of the molecule is O=c1cc(NCc2ccc(F)cc2F)c2cncnc2n1O.O=c1cc(NCc2ccc(F)cc2F)c2cncnc2n1OCc1ccccc1. The van der Waals surface area contributed by atoms with E-state index in [9.17, 15) is 32.4 Å². The van der Waals surface area contributed by atoms with Crippen molar-refractivity contribution < 1.29 is 27.6 Å². The highest BCUT2D eigenvalue weighted by Gasteiger charge is 2.13. The maximum Gasteiger partial charge on any atom is 0.287 e. The molecule has 0 amide bonds. The summed E-state index contributed by atoms with van der Waals surface area (Å²) in [5, 5.41) is 16.4. The first-order valence-electron chi connectivity index (χ1n) is 15.1. The van der Waals surface area contributed by atoms with E-state index < -0.39 is 34.4 Å². The quantitative estimate of drug-likeness (QED) is 0.135. The number of fused-ring (bicyclic) bond motifs is 2. The minimum absolute atomic E-state index is 0.0320. The highest BCUT2D eigenvalue weighted by atomic mass is 19.1. The summed E-state index contributed by atoms with van der Waals surface area (Å²) in [4.78, 5) is 45.8. The third-order valence-electron chi connectivity index (χ3n) is 7.47. The molecule has 0 saturated heterocycles. The largest absolute Gasteiger partial charge is 0.423 e. The van der Waals surface area contributed by atoms with Crippen molar-refractivity contribution in [3.63, 3.8) is 0 Å². The molecule has 4 heterocycles. The second-order valence-electron chi connectivity index (χ2n) is 10.9. The predicted molar refractivity (Wildman–Crippen MR) is 179 cm³/mol. The highest BCUT2D eigenvalue weighted by molar-refractivity contribution is 5.88. The van der Waals surface area contributed by atoms with Gasteiger partial charge in [0.15, 0.2) is 11.3 Å². The number of hydrogen-bond acceptors (Lipinski definition) is 10. The second-order valence-corrected chi connectivity index (χ2v) is 10.9. The lowest BCUT2D eigenvalue weighted by Crippen LogP contribution is -2.28. The van der Waals surface area contributed by atoms with Crippen molar-refractivity contribution in [1.82, 2.24) is 29.4 Å². The van der Waals surface area contributed by atoms with E-state index >= 15 is 0 Å². The van der Waals surface area contributed by atoms with Crippen LogP contribution < -0.4 is 26.6 Å². The van der Waals surface area contributed by atoms with Gasteiger partial charge in [-0.15, -0.1) is 9.46 Å². The molecule has 7 aromatic rings. The van der Waals surface area contributed by atoms with Crippen molar-refractivity contribution in [2.45, 2.75) is 19.7 Å². The first-order chi connectivity index (χ1) is 24.7. The van der Waals surface area contributed by atoms with Gasteiger partial charge in [0.25, 0.3) is 11.1 Å². The Labute approximate surface area is 285 Å². The zero-order valence-corrected chi connectivity index (χ0v) is 26.3. The first kappa shape index (κ1) is 34.0. The summed E-state index contributed by atoms with van der Waals surface area (Å²) in [6.07, 6.45) is 5.46. The van der Waals surface area contributed by atoms with Gasteiger partial charge in [-0.25, -0.2) is 37.5 Å². The van der Waals surface area contributed by atoms with E-state index in [-0.39, 0.29) is 42.1 Å². The van der Waals surface area contributed by atoms with E-state index in [1.165, 1.54) is 49.3 Å². The summed E-state index contributed by atoms with van der Waals surface area (Å²) in [5.41, 5.74) is 1.36. The number of nitrogens with one attached hydrogen (secondary N) is 2. The van der Waals surface area contributed by atoms with Gasteiger partial charge in [-0.2, -0.15) is 0 Å². The molecule has 0 aliphatic carbocycles. The van der Waals surface area contributed by atoms with Gasteiger partial charge in [-0.3, -0.25) is 9.59 Å². The standard InChI is InChI=1S/C21H16F2N4O2.C14H10F2N4O2/c22-16-7-6-15(18(23)8-16)10-25-19-9-20(28)27(21-17(19)11-24-13-26-21)29-12-14-4-2-1-3-5-14;15-9-2-1-8(11(16)3-9)5-18-12-4-13(21)20(22)14-10(12)6-17-7-19-14/h1-9,11,13,25H,10,12H2;1-4,6-7,18,22H,5H2. The highest BCUT2D eigenvalue weighted by Crippen LogP contribution is 2.21. The summed E-state index contributed by atoms with van der Waals surface area (Å²) in [6, 6.07) is 18.5. The van der Waals surface area contributed by atoms with Crippen LogP contribution in [-0.4, -0.2) is 34.6 Å². The van der Waals surface area contributed by atoms with E-state index in [1.54, 1.807) is 0 Å². The van der Waals surface area contributed by atoms with Gasteiger partial charge >= 0.3 is 0 Å². The molecule has 3 N–H and O–H groups in total. The molecule has 16 heteroatoms. The van der Waals surface area contributed by atoms with E-state index in [2.05, 4.69) is 30.6 Å². The minimum Gasteiger partial charge on any atom is -0.423 e. The third-order valence-corrected chi connectivity index (χ3v) is 7.47. The summed E-state index contributed by atoms with van der Waals surface area (Å²) in [5.74, 6) is -2.67. The lowest BCUT2D eigenvalue weighted by molar-refractivity contribution is 0.0980. The number of rotatable bonds is 9. The predicted octanol–water partition coefficient (Wildman–Crippen LogP) is 5.23. The zero-order chi connectivity index (χ0) is 35.9. The van der Waals surface area contributed by atoms with Gasteiger partial charge in [0.05, 0.1) is 22.1 Å². The fourth-order valence-corrected chi connectivity index (χ4v) is 4.93. The Hall–Kier alpha value is -6.84. The van der Waals surface area contributed by atoms with E-state index in [0.29, 0.717) is 26.9 Å². The Bertz CT molecular complexity index is 2460. The van der Waals surface area contributed by atoms with Gasteiger partial charge in [0, 0.05) is 60.9 Å². The lowest BCUT2D eigenvalue weighted by atomic mass is 10.2. The van der Waals surface area contributed by atoms with Crippen molar-refractivity contribution in [3.05, 3.63) is 165 Å². The van der Waals surface area contributed by atoms with Crippen LogP contribution in [0.2, 0.25) is 0 Å². The van der Waals surface area contributed by atoms with Crippen LogP contribution in [0.5, 0.6) is 0 Å². The molecule has 4 aromatic heterocycles. The van der Waals surface area contributed by atoms with Gasteiger partial charge in [0.1, 0.15) is 42.5 Å². The fourth-order valence-electron chi connectivity index (χ4n) is 4.93. The third kappa shape index (κ3) is 7.91. The Kier molecular flexibility index (Phi) is 10.1. The molecule has 258 valence electrons. The average molecular weight is 699 g/mol. The number of halogens is 4. The Morgan fingerprint density at radius 1 is 0.667 bits per heavy atom. The Balaban J connectivity index is 0.000000183. The van der Waals surface area contributed by atoms with Gasteiger partial charge in [-0.1, -0.05) is 42.5 Å². The van der Waals surface area contributed by atoms with Gasteiger partial charge in [0.2, 0.25) is 0 Å². The van der Waals surface area contributed by atoms with Crippen LogP contribution in [0.25, 0.3) is 22.1 Å². The number of aromatic nitrogens is 6. The number of benzene rings is 3. The van der Waals surface area contributed by atoms with Gasteiger partial charge < -0.3 is 20.7 Å². The molecule has 51 heavy (non-hydrogen) atoms. The maximum atomic E-state index is 13.9. The molecule has 0 fully saturated rings. The molecular formula is C35H26F4N8O4. The fraction of sp³-hybridized carbons (Fsp3) is 0.0857. The molecule has 0 saturated carbocycles. The molecule has 0 atom stereocenters. The number of pyridine rings is 2. The maximum absolute atomic E-state index is 13.9. The molecular weight excluding hydrogens is 672 g/mol. The molecule has 0 bridgehead atoms. The zero-order valence-electron chi connectivity index (χ0n) is 26.3. The van der Waals surface area contributed by atoms with Crippen LogP contribution in [0, 0.1) is 23.3 Å². The molecule has 0 aliphatic heterocycles. The topological polar surface area (TPSA) is 149 Å². The van der Waals surface area contributed by atoms with Crippen molar-refractivity contribution in [3.8, 4) is 0 Å². The van der Waals surface area contributed by atoms with Crippen LogP contribution in [0.3, 0.4) is 0 Å². The first-order valence-corrected chi connectivity index (χ1v) is 15.1. The smallest absolute Gasteiger partial charge is 0.287 e. The summed E-state index contributed by atoms with van der Waals surface area (Å²) >= 11 is 0. The normalized spacial score (nSPS) is 10.8. The van der Waals surface area contributed by atoms with Gasteiger partial charge in [-0.05, 0) is 17.7 Å². The van der Waals surface area contributed by atoms with Crippen LogP contribution in [0.15, 0.2) is 114 Å². The molecule has 3 aromatic carbocycles. The van der Waals surface area contributed by atoms with Crippen LogP contribution in [0.1, 0.15) is 16.7 Å². The summed E-state index contributed by atoms with van der Waals surface area (Å²) < 4.78 is 54.9. The molecule has 0 spiro atoms. The monoisotopic (exact) mass is 698 g/mol. The molecule has 0 aliphatic rings. The lowest BCUT2D eigenvalue weighted by Gasteiger charge is -2.14. The minimum atomic E-state index is -0.691. The van der Waals surface area contributed by atoms with Crippen molar-refractivity contribution in [2.24, 2.45) is 0 Å². The number of nitrogens with zero attached hydrogens (tertiary/aromatic N) is 6. The van der Waals surface area contributed by atoms with Crippen LogP contribution in [-0.2, 0) is 19.7 Å². The van der Waals surface area contributed by atoms with E-state index in [1.807, 2.05) is 30.3 Å². The molecule has 12 nitrogen and oxygen atoms in total. The summed E-state index contributed by atoms with van der Waals surface area (Å²) in [7, 11) is 0. The van der Waals surface area contributed by atoms with E-state index in [0.717, 1.165) is 34.6 Å². The second kappa shape index (κ2) is 15.1. The molecule has 0 radical (unpaired) electrons. The summed E-state index contributed by atoms with van der Waals surface area (Å²) in [6.45, 7) is 0.281. The average Bonchev–Trinajstić information content (AvgIpc) is 3.13. The Morgan fingerprint density at radius 3 is 1.76 bits per heavy atom. The van der Waals surface area contributed by atoms with Crippen molar-refractivity contribution >= 4 is 33.4 Å². The molecule has 7 rings (SSSR count). The van der Waals surface area contributed by atoms with Crippen LogP contribution >= 0.6 is 0 Å². The van der Waals surface area contributed by atoms with Crippen molar-refractivity contribution in [2.75, 3.05) is 10.6 Å². The number of anilines is 2. The van der Waals surface area contributed by atoms with Crippen molar-refractivity contribution in [1.29, 1.82) is 0 Å². The number of hydrogen-bond donors (Lipinski definition) is 3. The van der Waals surface area contributed by atoms with Crippen LogP contribution in [0.4, 0.5) is 28.9 Å². The Morgan fingerprint density at radius 2 is 1.20 bits per heavy atom. The van der Waals surface area contributed by atoms with E-state index in [4.69, 9.17) is 4.84 Å². The molecule has 0 unspecified atom stereocenters.